The smallest absolute Gasteiger partial charge is 0.254 e. The molecule has 0 aliphatic carbocycles. The maximum atomic E-state index is 11.5. The second-order valence-corrected chi connectivity index (χ2v) is 3.85. The zero-order valence-corrected chi connectivity index (χ0v) is 10.0. The van der Waals surface area contributed by atoms with Crippen LogP contribution in [0, 0.1) is 0 Å². The number of rotatable bonds is 4. The fourth-order valence-corrected chi connectivity index (χ4v) is 1.09. The molecule has 5 nitrogen and oxygen atoms in total. The van der Waals surface area contributed by atoms with E-state index in [0.717, 1.165) is 5.69 Å². The summed E-state index contributed by atoms with van der Waals surface area (Å²) >= 11 is 0. The molecule has 1 N–H and O–H groups in total. The van der Waals surface area contributed by atoms with Crippen molar-refractivity contribution in [3.8, 4) is 0 Å². The van der Waals surface area contributed by atoms with Crippen molar-refractivity contribution in [3.05, 3.63) is 18.1 Å². The van der Waals surface area contributed by atoms with E-state index >= 15 is 0 Å². The van der Waals surface area contributed by atoms with Gasteiger partial charge in [0.1, 0.15) is 18.2 Å². The standard InChI is InChI=1S/C11H17N3O2/c1-7(2)9-5-10(13-6-12-9)14-11(15)8(3)16-4/h5-8H,1-4H3,(H,12,13,14,15). The van der Waals surface area contributed by atoms with Gasteiger partial charge in [0.05, 0.1) is 0 Å². The molecule has 0 spiro atoms. The van der Waals surface area contributed by atoms with Gasteiger partial charge in [0, 0.05) is 18.9 Å². The van der Waals surface area contributed by atoms with E-state index in [-0.39, 0.29) is 5.91 Å². The number of amides is 1. The summed E-state index contributed by atoms with van der Waals surface area (Å²) < 4.78 is 4.91. The van der Waals surface area contributed by atoms with Gasteiger partial charge in [0.15, 0.2) is 0 Å². The van der Waals surface area contributed by atoms with E-state index < -0.39 is 6.10 Å². The van der Waals surface area contributed by atoms with E-state index in [1.54, 1.807) is 13.0 Å². The lowest BCUT2D eigenvalue weighted by atomic mass is 10.1. The lowest BCUT2D eigenvalue weighted by Gasteiger charge is -2.10. The Kier molecular flexibility index (Phi) is 4.37. The molecule has 0 saturated carbocycles. The second-order valence-electron chi connectivity index (χ2n) is 3.85. The van der Waals surface area contributed by atoms with Crippen molar-refractivity contribution in [2.45, 2.75) is 32.8 Å². The Morgan fingerprint density at radius 2 is 2.06 bits per heavy atom. The van der Waals surface area contributed by atoms with E-state index in [2.05, 4.69) is 15.3 Å². The number of carbonyl (C=O) groups excluding carboxylic acids is 1. The molecule has 0 saturated heterocycles. The Balaban J connectivity index is 2.74. The number of nitrogens with zero attached hydrogens (tertiary/aromatic N) is 2. The van der Waals surface area contributed by atoms with Gasteiger partial charge < -0.3 is 10.1 Å². The molecular formula is C11H17N3O2. The number of hydrogen-bond acceptors (Lipinski definition) is 4. The van der Waals surface area contributed by atoms with Crippen molar-refractivity contribution < 1.29 is 9.53 Å². The first-order valence-electron chi connectivity index (χ1n) is 5.20. The van der Waals surface area contributed by atoms with Gasteiger partial charge in [-0.2, -0.15) is 0 Å². The molecule has 0 aliphatic heterocycles. The number of hydrogen-bond donors (Lipinski definition) is 1. The highest BCUT2D eigenvalue weighted by atomic mass is 16.5. The van der Waals surface area contributed by atoms with Gasteiger partial charge in [0.2, 0.25) is 0 Å². The van der Waals surface area contributed by atoms with Gasteiger partial charge in [-0.25, -0.2) is 9.97 Å². The summed E-state index contributed by atoms with van der Waals surface area (Å²) in [5.74, 6) is 0.599. The van der Waals surface area contributed by atoms with Crippen molar-refractivity contribution in [2.75, 3.05) is 12.4 Å². The van der Waals surface area contributed by atoms with Crippen LogP contribution < -0.4 is 5.32 Å². The van der Waals surface area contributed by atoms with Crippen LogP contribution >= 0.6 is 0 Å². The average molecular weight is 223 g/mol. The molecule has 1 unspecified atom stereocenters. The summed E-state index contributed by atoms with van der Waals surface area (Å²) in [5.41, 5.74) is 0.898. The Bertz CT molecular complexity index is 366. The molecule has 1 aromatic heterocycles. The maximum absolute atomic E-state index is 11.5. The minimum atomic E-state index is -0.488. The van der Waals surface area contributed by atoms with Gasteiger partial charge in [-0.3, -0.25) is 4.79 Å². The summed E-state index contributed by atoms with van der Waals surface area (Å²) in [6.07, 6.45) is 0.958. The normalized spacial score (nSPS) is 12.6. The Morgan fingerprint density at radius 3 is 2.62 bits per heavy atom. The molecule has 88 valence electrons. The van der Waals surface area contributed by atoms with Gasteiger partial charge in [0.25, 0.3) is 5.91 Å². The quantitative estimate of drug-likeness (QED) is 0.841. The van der Waals surface area contributed by atoms with Crippen molar-refractivity contribution in [3.63, 3.8) is 0 Å². The van der Waals surface area contributed by atoms with E-state index in [0.29, 0.717) is 11.7 Å². The van der Waals surface area contributed by atoms with Crippen molar-refractivity contribution >= 4 is 11.7 Å². The summed E-state index contributed by atoms with van der Waals surface area (Å²) in [5, 5.41) is 2.67. The van der Waals surface area contributed by atoms with Crippen molar-refractivity contribution in [2.24, 2.45) is 0 Å². The Labute approximate surface area is 95.3 Å². The first-order valence-corrected chi connectivity index (χ1v) is 5.20. The average Bonchev–Trinajstić information content (AvgIpc) is 2.28. The van der Waals surface area contributed by atoms with Crippen molar-refractivity contribution in [1.29, 1.82) is 0 Å². The highest BCUT2D eigenvalue weighted by Gasteiger charge is 2.12. The fourth-order valence-electron chi connectivity index (χ4n) is 1.09. The molecule has 1 rings (SSSR count). The zero-order chi connectivity index (χ0) is 12.1. The molecule has 0 aliphatic rings. The second kappa shape index (κ2) is 5.55. The molecule has 1 aromatic rings. The van der Waals surface area contributed by atoms with E-state index in [1.165, 1.54) is 13.4 Å². The Hall–Kier alpha value is -1.49. The van der Waals surface area contributed by atoms with Crippen LogP contribution in [0.25, 0.3) is 0 Å². The van der Waals surface area contributed by atoms with E-state index in [9.17, 15) is 4.79 Å². The molecule has 16 heavy (non-hydrogen) atoms. The maximum Gasteiger partial charge on any atom is 0.254 e. The molecule has 1 heterocycles. The summed E-state index contributed by atoms with van der Waals surface area (Å²) in [4.78, 5) is 19.6. The number of anilines is 1. The first-order chi connectivity index (χ1) is 7.54. The van der Waals surface area contributed by atoms with Crippen LogP contribution in [0.3, 0.4) is 0 Å². The lowest BCUT2D eigenvalue weighted by Crippen LogP contribution is -2.27. The Morgan fingerprint density at radius 1 is 1.38 bits per heavy atom. The predicted octanol–water partition coefficient (Wildman–Crippen LogP) is 1.57. The summed E-state index contributed by atoms with van der Waals surface area (Å²) in [6, 6.07) is 1.77. The van der Waals surface area contributed by atoms with Crippen LogP contribution in [0.2, 0.25) is 0 Å². The SMILES string of the molecule is COC(C)C(=O)Nc1cc(C(C)C)ncn1. The molecule has 0 aromatic carbocycles. The van der Waals surface area contributed by atoms with Crippen molar-refractivity contribution in [1.82, 2.24) is 9.97 Å². The molecule has 5 heteroatoms. The topological polar surface area (TPSA) is 64.1 Å². The summed E-state index contributed by atoms with van der Waals surface area (Å²) in [7, 11) is 1.49. The zero-order valence-electron chi connectivity index (χ0n) is 10.0. The minimum Gasteiger partial charge on any atom is -0.372 e. The molecule has 1 amide bonds. The van der Waals surface area contributed by atoms with Crippen LogP contribution in [0.4, 0.5) is 5.82 Å². The van der Waals surface area contributed by atoms with Gasteiger partial charge in [-0.1, -0.05) is 13.8 Å². The number of carbonyl (C=O) groups is 1. The third-order valence-corrected chi connectivity index (χ3v) is 2.25. The van der Waals surface area contributed by atoms with Crippen LogP contribution in [0.15, 0.2) is 12.4 Å². The predicted molar refractivity (Wildman–Crippen MR) is 61.2 cm³/mol. The van der Waals surface area contributed by atoms with E-state index in [1.807, 2.05) is 13.8 Å². The third-order valence-electron chi connectivity index (χ3n) is 2.25. The van der Waals surface area contributed by atoms with Crippen LogP contribution in [0.1, 0.15) is 32.4 Å². The highest BCUT2D eigenvalue weighted by molar-refractivity contribution is 5.93. The third kappa shape index (κ3) is 3.27. The van der Waals surface area contributed by atoms with E-state index in [4.69, 9.17) is 4.74 Å². The number of aromatic nitrogens is 2. The molecule has 1 atom stereocenters. The monoisotopic (exact) mass is 223 g/mol. The van der Waals surface area contributed by atoms with Gasteiger partial charge in [-0.15, -0.1) is 0 Å². The summed E-state index contributed by atoms with van der Waals surface area (Å²) in [6.45, 7) is 5.75. The highest BCUT2D eigenvalue weighted by Crippen LogP contribution is 2.13. The molecular weight excluding hydrogens is 206 g/mol. The molecule has 0 bridgehead atoms. The van der Waals surface area contributed by atoms with Crippen LogP contribution in [0.5, 0.6) is 0 Å². The van der Waals surface area contributed by atoms with Crippen LogP contribution in [-0.4, -0.2) is 29.1 Å². The number of methoxy groups -OCH3 is 1. The molecule has 0 radical (unpaired) electrons. The number of nitrogens with one attached hydrogen (secondary N) is 1. The minimum absolute atomic E-state index is 0.212. The van der Waals surface area contributed by atoms with Crippen LogP contribution in [-0.2, 0) is 9.53 Å². The van der Waals surface area contributed by atoms with Gasteiger partial charge >= 0.3 is 0 Å². The molecule has 0 fully saturated rings. The number of ether oxygens (including phenoxy) is 1. The van der Waals surface area contributed by atoms with Gasteiger partial charge in [-0.05, 0) is 12.8 Å². The fraction of sp³-hybridized carbons (Fsp3) is 0.545. The largest absolute Gasteiger partial charge is 0.372 e. The first kappa shape index (κ1) is 12.6. The lowest BCUT2D eigenvalue weighted by molar-refractivity contribution is -0.124.